The molecular formula is C15H26N2S. The van der Waals surface area contributed by atoms with Gasteiger partial charge in [0.15, 0.2) is 0 Å². The second-order valence-corrected chi connectivity index (χ2v) is 6.33. The minimum atomic E-state index is 0.503. The summed E-state index contributed by atoms with van der Waals surface area (Å²) < 4.78 is 0. The van der Waals surface area contributed by atoms with Crippen LogP contribution in [0.5, 0.6) is 0 Å². The van der Waals surface area contributed by atoms with Crippen molar-refractivity contribution < 1.29 is 0 Å². The van der Waals surface area contributed by atoms with Crippen LogP contribution < -0.4 is 5.32 Å². The summed E-state index contributed by atoms with van der Waals surface area (Å²) in [6, 6.07) is 0.503. The van der Waals surface area contributed by atoms with Gasteiger partial charge in [0.2, 0.25) is 0 Å². The fraction of sp³-hybridized carbons (Fsp3) is 0.800. The van der Waals surface area contributed by atoms with Crippen LogP contribution in [0.2, 0.25) is 0 Å². The van der Waals surface area contributed by atoms with Crippen LogP contribution in [0.15, 0.2) is 11.6 Å². The molecular weight excluding hydrogens is 240 g/mol. The van der Waals surface area contributed by atoms with Gasteiger partial charge in [-0.05, 0) is 31.7 Å². The molecule has 1 fully saturated rings. The number of hydrogen-bond acceptors (Lipinski definition) is 3. The lowest BCUT2D eigenvalue weighted by Crippen LogP contribution is -2.29. The second-order valence-electron chi connectivity index (χ2n) is 5.41. The van der Waals surface area contributed by atoms with E-state index >= 15 is 0 Å². The van der Waals surface area contributed by atoms with Gasteiger partial charge in [0.05, 0.1) is 6.04 Å². The van der Waals surface area contributed by atoms with E-state index in [2.05, 4.69) is 22.6 Å². The van der Waals surface area contributed by atoms with E-state index in [-0.39, 0.29) is 0 Å². The first-order valence-corrected chi connectivity index (χ1v) is 8.42. The van der Waals surface area contributed by atoms with E-state index in [0.717, 1.165) is 12.5 Å². The third kappa shape index (κ3) is 4.06. The van der Waals surface area contributed by atoms with Gasteiger partial charge >= 0.3 is 0 Å². The normalized spacial score (nSPS) is 20.3. The summed E-state index contributed by atoms with van der Waals surface area (Å²) >= 11 is 1.81. The lowest BCUT2D eigenvalue weighted by Gasteiger charge is -2.28. The Balaban J connectivity index is 2.01. The summed E-state index contributed by atoms with van der Waals surface area (Å²) in [5.41, 5.74) is 0. The summed E-state index contributed by atoms with van der Waals surface area (Å²) in [6.45, 7) is 3.35. The molecule has 0 aromatic carbocycles. The van der Waals surface area contributed by atoms with Gasteiger partial charge < -0.3 is 5.32 Å². The van der Waals surface area contributed by atoms with Gasteiger partial charge in [-0.1, -0.05) is 39.0 Å². The van der Waals surface area contributed by atoms with E-state index in [0.29, 0.717) is 6.04 Å². The van der Waals surface area contributed by atoms with Crippen molar-refractivity contribution in [2.75, 3.05) is 6.54 Å². The van der Waals surface area contributed by atoms with Gasteiger partial charge in [-0.2, -0.15) is 0 Å². The van der Waals surface area contributed by atoms with E-state index in [1.54, 1.807) is 0 Å². The molecule has 1 N–H and O–H groups in total. The van der Waals surface area contributed by atoms with Crippen LogP contribution in [-0.4, -0.2) is 11.5 Å². The maximum Gasteiger partial charge on any atom is 0.110 e. The maximum atomic E-state index is 4.55. The fourth-order valence-corrected chi connectivity index (χ4v) is 3.77. The lowest BCUT2D eigenvalue weighted by molar-refractivity contribution is 0.288. The molecule has 1 aromatic heterocycles. The molecule has 0 spiro atoms. The third-order valence-corrected chi connectivity index (χ3v) is 4.81. The molecule has 1 heterocycles. The van der Waals surface area contributed by atoms with E-state index in [1.807, 2.05) is 17.5 Å². The Morgan fingerprint density at radius 1 is 1.28 bits per heavy atom. The average Bonchev–Trinajstić information content (AvgIpc) is 2.85. The zero-order valence-electron chi connectivity index (χ0n) is 11.5. The Morgan fingerprint density at radius 2 is 2.00 bits per heavy atom. The number of nitrogens with one attached hydrogen (secondary N) is 1. The van der Waals surface area contributed by atoms with Crippen molar-refractivity contribution in [3.63, 3.8) is 0 Å². The Kier molecular flexibility index (Phi) is 6.15. The van der Waals surface area contributed by atoms with Crippen molar-refractivity contribution in [3.8, 4) is 0 Å². The minimum absolute atomic E-state index is 0.503. The van der Waals surface area contributed by atoms with Gasteiger partial charge in [0, 0.05) is 11.6 Å². The molecule has 0 bridgehead atoms. The highest BCUT2D eigenvalue weighted by Gasteiger charge is 2.24. The molecule has 1 atom stereocenters. The molecule has 1 unspecified atom stereocenters. The molecule has 0 radical (unpaired) electrons. The molecule has 1 saturated carbocycles. The molecule has 3 heteroatoms. The SMILES string of the molecule is CCCNC(c1nccs1)C1CCCCCCC1. The number of rotatable bonds is 5. The predicted molar refractivity (Wildman–Crippen MR) is 79.0 cm³/mol. The first kappa shape index (κ1) is 14.0. The minimum Gasteiger partial charge on any atom is -0.308 e. The topological polar surface area (TPSA) is 24.9 Å². The average molecular weight is 266 g/mol. The molecule has 102 valence electrons. The fourth-order valence-electron chi connectivity index (χ4n) is 2.96. The number of aromatic nitrogens is 1. The summed E-state index contributed by atoms with van der Waals surface area (Å²) in [4.78, 5) is 4.55. The molecule has 1 aliphatic rings. The van der Waals surface area contributed by atoms with Crippen LogP contribution in [0.4, 0.5) is 0 Å². The largest absolute Gasteiger partial charge is 0.308 e. The van der Waals surface area contributed by atoms with Crippen LogP contribution in [0.1, 0.15) is 69.3 Å². The van der Waals surface area contributed by atoms with E-state index < -0.39 is 0 Å². The summed E-state index contributed by atoms with van der Waals surface area (Å²) in [7, 11) is 0. The van der Waals surface area contributed by atoms with E-state index in [1.165, 1.54) is 56.4 Å². The van der Waals surface area contributed by atoms with Crippen molar-refractivity contribution in [2.24, 2.45) is 5.92 Å². The highest BCUT2D eigenvalue weighted by Crippen LogP contribution is 2.33. The standard InChI is InChI=1S/C15H26N2S/c1-2-10-16-14(15-17-11-12-18-15)13-8-6-4-3-5-7-9-13/h11-14,16H,2-10H2,1H3. The number of thiazole rings is 1. The molecule has 2 rings (SSSR count). The molecule has 0 saturated heterocycles. The Hall–Kier alpha value is -0.410. The lowest BCUT2D eigenvalue weighted by atomic mass is 9.86. The number of nitrogens with zero attached hydrogens (tertiary/aromatic N) is 1. The molecule has 1 aromatic rings. The second kappa shape index (κ2) is 7.90. The Morgan fingerprint density at radius 3 is 2.61 bits per heavy atom. The maximum absolute atomic E-state index is 4.55. The molecule has 18 heavy (non-hydrogen) atoms. The smallest absolute Gasteiger partial charge is 0.110 e. The van der Waals surface area contributed by atoms with Gasteiger partial charge in [-0.15, -0.1) is 11.3 Å². The van der Waals surface area contributed by atoms with E-state index in [9.17, 15) is 0 Å². The van der Waals surface area contributed by atoms with Crippen LogP contribution in [-0.2, 0) is 0 Å². The summed E-state index contributed by atoms with van der Waals surface area (Å²) in [5.74, 6) is 0.794. The zero-order valence-corrected chi connectivity index (χ0v) is 12.3. The van der Waals surface area contributed by atoms with Crippen LogP contribution in [0.25, 0.3) is 0 Å². The first-order valence-electron chi connectivity index (χ1n) is 7.54. The molecule has 1 aliphatic carbocycles. The third-order valence-electron chi connectivity index (χ3n) is 3.95. The van der Waals surface area contributed by atoms with Crippen molar-refractivity contribution in [2.45, 2.75) is 64.3 Å². The Bertz CT molecular complexity index is 302. The number of hydrogen-bond donors (Lipinski definition) is 1. The van der Waals surface area contributed by atoms with Crippen molar-refractivity contribution in [1.29, 1.82) is 0 Å². The van der Waals surface area contributed by atoms with Crippen molar-refractivity contribution in [3.05, 3.63) is 16.6 Å². The molecule has 0 amide bonds. The van der Waals surface area contributed by atoms with E-state index in [4.69, 9.17) is 0 Å². The van der Waals surface area contributed by atoms with Crippen molar-refractivity contribution >= 4 is 11.3 Å². The van der Waals surface area contributed by atoms with Crippen LogP contribution in [0, 0.1) is 5.92 Å². The van der Waals surface area contributed by atoms with Gasteiger partial charge in [-0.25, -0.2) is 4.98 Å². The van der Waals surface area contributed by atoms with Crippen molar-refractivity contribution in [1.82, 2.24) is 10.3 Å². The molecule has 0 aliphatic heterocycles. The molecule has 2 nitrogen and oxygen atoms in total. The van der Waals surface area contributed by atoms with Gasteiger partial charge in [-0.3, -0.25) is 0 Å². The highest BCUT2D eigenvalue weighted by molar-refractivity contribution is 7.09. The predicted octanol–water partition coefficient (Wildman–Crippen LogP) is 4.54. The first-order chi connectivity index (χ1) is 8.92. The zero-order chi connectivity index (χ0) is 12.6. The van der Waals surface area contributed by atoms with Crippen LogP contribution >= 0.6 is 11.3 Å². The Labute approximate surface area is 115 Å². The van der Waals surface area contributed by atoms with Crippen LogP contribution in [0.3, 0.4) is 0 Å². The monoisotopic (exact) mass is 266 g/mol. The van der Waals surface area contributed by atoms with Gasteiger partial charge in [0.25, 0.3) is 0 Å². The summed E-state index contributed by atoms with van der Waals surface area (Å²) in [5, 5.41) is 7.15. The summed E-state index contributed by atoms with van der Waals surface area (Å²) in [6.07, 6.45) is 13.0. The highest BCUT2D eigenvalue weighted by atomic mass is 32.1. The quantitative estimate of drug-likeness (QED) is 0.846. The van der Waals surface area contributed by atoms with Gasteiger partial charge in [0.1, 0.15) is 5.01 Å².